The summed E-state index contributed by atoms with van der Waals surface area (Å²) in [5.74, 6) is -1.90. The number of halogens is 2. The molecule has 5 heteroatoms. The van der Waals surface area contributed by atoms with Gasteiger partial charge in [-0.2, -0.15) is 0 Å². The maximum absolute atomic E-state index is 13.9. The van der Waals surface area contributed by atoms with Crippen LogP contribution in [0.1, 0.15) is 29.7 Å². The Morgan fingerprint density at radius 2 is 2.04 bits per heavy atom. The summed E-state index contributed by atoms with van der Waals surface area (Å²) >= 11 is 0. The third-order valence-electron chi connectivity index (χ3n) is 4.40. The predicted octanol–water partition coefficient (Wildman–Crippen LogP) is 3.87. The number of aromatic nitrogens is 1. The molecule has 1 atom stereocenters. The topological polar surface area (TPSA) is 50.2 Å². The predicted molar refractivity (Wildman–Crippen MR) is 81.9 cm³/mol. The molecule has 3 rings (SSSR count). The third-order valence-corrected chi connectivity index (χ3v) is 4.40. The first-order chi connectivity index (χ1) is 10.9. The van der Waals surface area contributed by atoms with Crippen LogP contribution in [0.25, 0.3) is 5.57 Å². The van der Waals surface area contributed by atoms with Gasteiger partial charge in [-0.15, -0.1) is 0 Å². The van der Waals surface area contributed by atoms with Crippen molar-refractivity contribution in [3.63, 3.8) is 0 Å². The standard InChI is InChI=1S/C18H15F2NO2/c1-11-14(3-2-4-15(11)20)18(17(22)23)8-7-12(9-18)16-6-5-13(19)10-21-16/h2-6,9-10H,7-8H2,1H3,(H,22,23)/t18-/m0/s1. The molecule has 1 heterocycles. The summed E-state index contributed by atoms with van der Waals surface area (Å²) < 4.78 is 26.9. The van der Waals surface area contributed by atoms with E-state index in [9.17, 15) is 18.7 Å². The second-order valence-electron chi connectivity index (χ2n) is 5.72. The Labute approximate surface area is 132 Å². The highest BCUT2D eigenvalue weighted by molar-refractivity contribution is 5.89. The maximum Gasteiger partial charge on any atom is 0.318 e. The summed E-state index contributed by atoms with van der Waals surface area (Å²) in [5.41, 5.74) is 0.777. The molecule has 3 nitrogen and oxygen atoms in total. The minimum absolute atomic E-state index is 0.320. The summed E-state index contributed by atoms with van der Waals surface area (Å²) in [5, 5.41) is 9.79. The molecule has 0 aliphatic heterocycles. The number of carboxylic acids is 1. The number of hydrogen-bond donors (Lipinski definition) is 1. The van der Waals surface area contributed by atoms with Crippen molar-refractivity contribution in [3.8, 4) is 0 Å². The fourth-order valence-electron chi connectivity index (χ4n) is 3.13. The smallest absolute Gasteiger partial charge is 0.318 e. The fraction of sp³-hybridized carbons (Fsp3) is 0.222. The molecule has 23 heavy (non-hydrogen) atoms. The highest BCUT2D eigenvalue weighted by Crippen LogP contribution is 2.44. The summed E-state index contributed by atoms with van der Waals surface area (Å²) in [6.45, 7) is 1.58. The average Bonchev–Trinajstić information content (AvgIpc) is 2.97. The number of rotatable bonds is 3. The van der Waals surface area contributed by atoms with Crippen LogP contribution in [0.15, 0.2) is 42.6 Å². The van der Waals surface area contributed by atoms with Crippen molar-refractivity contribution in [2.24, 2.45) is 0 Å². The number of benzene rings is 1. The van der Waals surface area contributed by atoms with Crippen LogP contribution in [-0.4, -0.2) is 16.1 Å². The van der Waals surface area contributed by atoms with Gasteiger partial charge in [0, 0.05) is 0 Å². The van der Waals surface area contributed by atoms with Gasteiger partial charge in [-0.1, -0.05) is 18.2 Å². The van der Waals surface area contributed by atoms with Gasteiger partial charge < -0.3 is 5.11 Å². The lowest BCUT2D eigenvalue weighted by atomic mass is 9.78. The average molecular weight is 315 g/mol. The van der Waals surface area contributed by atoms with Gasteiger partial charge in [0.15, 0.2) is 0 Å². The number of hydrogen-bond acceptors (Lipinski definition) is 2. The molecular formula is C18H15F2NO2. The maximum atomic E-state index is 13.9. The Balaban J connectivity index is 2.12. The van der Waals surface area contributed by atoms with E-state index >= 15 is 0 Å². The van der Waals surface area contributed by atoms with Crippen molar-refractivity contribution in [2.45, 2.75) is 25.2 Å². The van der Waals surface area contributed by atoms with Gasteiger partial charge in [-0.25, -0.2) is 8.78 Å². The number of aliphatic carboxylic acids is 1. The molecule has 1 aromatic carbocycles. The Hall–Kier alpha value is -2.56. The van der Waals surface area contributed by atoms with Crippen molar-refractivity contribution >= 4 is 11.5 Å². The van der Waals surface area contributed by atoms with Crippen molar-refractivity contribution in [2.75, 3.05) is 0 Å². The molecule has 1 aliphatic rings. The lowest BCUT2D eigenvalue weighted by Gasteiger charge is -2.24. The van der Waals surface area contributed by atoms with Crippen LogP contribution < -0.4 is 0 Å². The van der Waals surface area contributed by atoms with Crippen LogP contribution in [0.3, 0.4) is 0 Å². The Morgan fingerprint density at radius 1 is 1.26 bits per heavy atom. The molecular weight excluding hydrogens is 300 g/mol. The number of allylic oxidation sites excluding steroid dienone is 1. The van der Waals surface area contributed by atoms with Gasteiger partial charge in [0.25, 0.3) is 0 Å². The second kappa shape index (κ2) is 5.57. The lowest BCUT2D eigenvalue weighted by Crippen LogP contribution is -2.32. The molecule has 118 valence electrons. The molecule has 1 aromatic heterocycles. The zero-order valence-electron chi connectivity index (χ0n) is 12.5. The summed E-state index contributed by atoms with van der Waals surface area (Å²) in [4.78, 5) is 16.0. The summed E-state index contributed by atoms with van der Waals surface area (Å²) in [6.07, 6.45) is 3.53. The van der Waals surface area contributed by atoms with Crippen molar-refractivity contribution in [1.82, 2.24) is 4.98 Å². The largest absolute Gasteiger partial charge is 0.480 e. The Bertz CT molecular complexity index is 799. The minimum atomic E-state index is -1.28. The van der Waals surface area contributed by atoms with Crippen LogP contribution in [0.5, 0.6) is 0 Å². The zero-order valence-corrected chi connectivity index (χ0v) is 12.5. The van der Waals surface area contributed by atoms with E-state index in [0.717, 1.165) is 11.8 Å². The molecule has 0 saturated heterocycles. The van der Waals surface area contributed by atoms with Crippen LogP contribution in [0, 0.1) is 18.6 Å². The van der Waals surface area contributed by atoms with Crippen LogP contribution in [0.2, 0.25) is 0 Å². The Kier molecular flexibility index (Phi) is 3.72. The molecule has 0 unspecified atom stereocenters. The van der Waals surface area contributed by atoms with Gasteiger partial charge in [-0.05, 0) is 54.7 Å². The van der Waals surface area contributed by atoms with Crippen LogP contribution >= 0.6 is 0 Å². The molecule has 1 aliphatic carbocycles. The third kappa shape index (κ3) is 2.52. The van der Waals surface area contributed by atoms with Crippen molar-refractivity contribution in [1.29, 1.82) is 0 Å². The first-order valence-corrected chi connectivity index (χ1v) is 7.27. The highest BCUT2D eigenvalue weighted by Gasteiger charge is 2.43. The molecule has 0 radical (unpaired) electrons. The zero-order chi connectivity index (χ0) is 16.6. The number of pyridine rings is 1. The molecule has 0 amide bonds. The van der Waals surface area contributed by atoms with Gasteiger partial charge in [0.05, 0.1) is 11.9 Å². The fourth-order valence-corrected chi connectivity index (χ4v) is 3.13. The molecule has 0 saturated carbocycles. The number of nitrogens with zero attached hydrogens (tertiary/aromatic N) is 1. The lowest BCUT2D eigenvalue weighted by molar-refractivity contribution is -0.141. The summed E-state index contributed by atoms with van der Waals surface area (Å²) in [6, 6.07) is 7.29. The van der Waals surface area contributed by atoms with E-state index in [4.69, 9.17) is 0 Å². The quantitative estimate of drug-likeness (QED) is 0.935. The molecule has 0 spiro atoms. The van der Waals surface area contributed by atoms with E-state index in [1.807, 2.05) is 0 Å². The van der Waals surface area contributed by atoms with Crippen LogP contribution in [-0.2, 0) is 10.2 Å². The van der Waals surface area contributed by atoms with Crippen LogP contribution in [0.4, 0.5) is 8.78 Å². The van der Waals surface area contributed by atoms with Gasteiger partial charge in [-0.3, -0.25) is 9.78 Å². The van der Waals surface area contributed by atoms with Gasteiger partial charge in [0.1, 0.15) is 17.0 Å². The van der Waals surface area contributed by atoms with Crippen molar-refractivity contribution < 1.29 is 18.7 Å². The highest BCUT2D eigenvalue weighted by atomic mass is 19.1. The minimum Gasteiger partial charge on any atom is -0.480 e. The van der Waals surface area contributed by atoms with E-state index in [1.165, 1.54) is 24.3 Å². The Morgan fingerprint density at radius 3 is 2.70 bits per heavy atom. The first kappa shape index (κ1) is 15.3. The number of carbonyl (C=O) groups is 1. The van der Waals surface area contributed by atoms with Gasteiger partial charge >= 0.3 is 5.97 Å². The summed E-state index contributed by atoms with van der Waals surface area (Å²) in [7, 11) is 0. The second-order valence-corrected chi connectivity index (χ2v) is 5.72. The molecule has 0 bridgehead atoms. The number of carboxylic acid groups (broad SMARTS) is 1. The van der Waals surface area contributed by atoms with E-state index < -0.39 is 23.0 Å². The molecule has 2 aromatic rings. The monoisotopic (exact) mass is 315 g/mol. The van der Waals surface area contributed by atoms with E-state index in [0.29, 0.717) is 29.7 Å². The molecule has 0 fully saturated rings. The van der Waals surface area contributed by atoms with Gasteiger partial charge in [0.2, 0.25) is 0 Å². The van der Waals surface area contributed by atoms with E-state index in [2.05, 4.69) is 4.98 Å². The first-order valence-electron chi connectivity index (χ1n) is 7.27. The van der Waals surface area contributed by atoms with E-state index in [1.54, 1.807) is 19.1 Å². The van der Waals surface area contributed by atoms with E-state index in [-0.39, 0.29) is 0 Å². The normalized spacial score (nSPS) is 20.4. The van der Waals surface area contributed by atoms with Crippen molar-refractivity contribution in [3.05, 3.63) is 71.1 Å². The SMILES string of the molecule is Cc1c(F)cccc1[C@@]1(C(=O)O)C=C(c2ccc(F)cn2)CC1. The molecule has 1 N–H and O–H groups in total.